The second-order valence-electron chi connectivity index (χ2n) is 3.88. The molecule has 20 heavy (non-hydrogen) atoms. The molecule has 1 N–H and O–H groups in total. The first-order chi connectivity index (χ1) is 9.31. The number of hydrogen-bond acceptors (Lipinski definition) is 6. The summed E-state index contributed by atoms with van der Waals surface area (Å²) in [6.07, 6.45) is 0. The van der Waals surface area contributed by atoms with Gasteiger partial charge in [0.15, 0.2) is 0 Å². The average Bonchev–Trinajstić information content (AvgIpc) is 2.45. The van der Waals surface area contributed by atoms with E-state index >= 15 is 0 Å². The molecule has 7 nitrogen and oxygen atoms in total. The lowest BCUT2D eigenvalue weighted by molar-refractivity contribution is -0.142. The normalized spacial score (nSPS) is 12.6. The van der Waals surface area contributed by atoms with Gasteiger partial charge in [0.2, 0.25) is 10.0 Å². The summed E-state index contributed by atoms with van der Waals surface area (Å²) in [5, 5.41) is 0. The number of ether oxygens (including phenoxy) is 2. The first kappa shape index (κ1) is 16.1. The fourth-order valence-corrected chi connectivity index (χ4v) is 2.61. The maximum absolute atomic E-state index is 12.0. The monoisotopic (exact) mass is 301 g/mol. The smallest absolute Gasteiger partial charge is 0.337 e. The molecular weight excluding hydrogens is 286 g/mol. The third-order valence-corrected chi connectivity index (χ3v) is 4.03. The fourth-order valence-electron chi connectivity index (χ4n) is 1.41. The molecule has 0 amide bonds. The summed E-state index contributed by atoms with van der Waals surface area (Å²) in [6, 6.07) is 4.13. The van der Waals surface area contributed by atoms with Gasteiger partial charge in [0.1, 0.15) is 6.04 Å². The number of carbonyl (C=O) groups is 2. The molecule has 1 atom stereocenters. The fraction of sp³-hybridized carbons (Fsp3) is 0.333. The summed E-state index contributed by atoms with van der Waals surface area (Å²) < 4.78 is 35.1. The molecule has 0 heterocycles. The van der Waals surface area contributed by atoms with E-state index in [0.717, 1.165) is 7.11 Å². The molecule has 1 aromatic rings. The lowest BCUT2D eigenvalue weighted by Gasteiger charge is -2.12. The van der Waals surface area contributed by atoms with Crippen molar-refractivity contribution in [2.45, 2.75) is 17.9 Å². The van der Waals surface area contributed by atoms with E-state index in [-0.39, 0.29) is 10.5 Å². The van der Waals surface area contributed by atoms with Crippen LogP contribution < -0.4 is 4.72 Å². The van der Waals surface area contributed by atoms with Gasteiger partial charge in [-0.25, -0.2) is 13.2 Å². The molecule has 0 saturated heterocycles. The lowest BCUT2D eigenvalue weighted by atomic mass is 10.2. The second-order valence-corrected chi connectivity index (χ2v) is 5.60. The van der Waals surface area contributed by atoms with Crippen LogP contribution in [-0.2, 0) is 24.3 Å². The van der Waals surface area contributed by atoms with Crippen molar-refractivity contribution in [1.82, 2.24) is 4.72 Å². The Morgan fingerprint density at radius 2 is 1.65 bits per heavy atom. The molecule has 0 spiro atoms. The number of esters is 2. The van der Waals surface area contributed by atoms with E-state index < -0.39 is 28.0 Å². The zero-order chi connectivity index (χ0) is 15.3. The number of methoxy groups -OCH3 is 2. The topological polar surface area (TPSA) is 98.8 Å². The Morgan fingerprint density at radius 1 is 1.10 bits per heavy atom. The van der Waals surface area contributed by atoms with E-state index in [2.05, 4.69) is 14.2 Å². The second kappa shape index (κ2) is 6.49. The van der Waals surface area contributed by atoms with Gasteiger partial charge in [-0.2, -0.15) is 4.72 Å². The van der Waals surface area contributed by atoms with Crippen molar-refractivity contribution in [2.24, 2.45) is 0 Å². The van der Waals surface area contributed by atoms with Gasteiger partial charge in [0.05, 0.1) is 24.7 Å². The van der Waals surface area contributed by atoms with Crippen LogP contribution in [0.4, 0.5) is 0 Å². The van der Waals surface area contributed by atoms with Crippen molar-refractivity contribution >= 4 is 22.0 Å². The molecule has 110 valence electrons. The van der Waals surface area contributed by atoms with E-state index in [9.17, 15) is 18.0 Å². The third kappa shape index (κ3) is 3.78. The van der Waals surface area contributed by atoms with Crippen LogP contribution in [0.2, 0.25) is 0 Å². The van der Waals surface area contributed by atoms with E-state index in [1.165, 1.54) is 38.3 Å². The lowest BCUT2D eigenvalue weighted by Crippen LogP contribution is -2.39. The Balaban J connectivity index is 2.93. The largest absolute Gasteiger partial charge is 0.468 e. The first-order valence-corrected chi connectivity index (χ1v) is 7.08. The number of rotatable bonds is 5. The van der Waals surface area contributed by atoms with Crippen molar-refractivity contribution < 1.29 is 27.5 Å². The van der Waals surface area contributed by atoms with Gasteiger partial charge in [0.25, 0.3) is 0 Å². The molecule has 1 rings (SSSR count). The van der Waals surface area contributed by atoms with Crippen LogP contribution in [0.3, 0.4) is 0 Å². The minimum Gasteiger partial charge on any atom is -0.468 e. The van der Waals surface area contributed by atoms with Crippen molar-refractivity contribution in [3.63, 3.8) is 0 Å². The molecular formula is C12H15NO6S. The van der Waals surface area contributed by atoms with Crippen molar-refractivity contribution in [3.05, 3.63) is 29.8 Å². The van der Waals surface area contributed by atoms with Crippen molar-refractivity contribution in [2.75, 3.05) is 14.2 Å². The standard InChI is InChI=1S/C12H15NO6S/c1-8(11(14)18-2)13-20(16,17)10-6-4-9(5-7-10)12(15)19-3/h4-8,13H,1-3H3. The van der Waals surface area contributed by atoms with Gasteiger partial charge < -0.3 is 9.47 Å². The van der Waals surface area contributed by atoms with Crippen molar-refractivity contribution in [1.29, 1.82) is 0 Å². The molecule has 0 aliphatic rings. The zero-order valence-corrected chi connectivity index (χ0v) is 12.1. The SMILES string of the molecule is COC(=O)c1ccc(S(=O)(=O)NC(C)C(=O)OC)cc1. The van der Waals surface area contributed by atoms with Crippen LogP contribution in [0.5, 0.6) is 0 Å². The predicted octanol–water partition coefficient (Wildman–Crippen LogP) is 0.313. The highest BCUT2D eigenvalue weighted by atomic mass is 32.2. The summed E-state index contributed by atoms with van der Waals surface area (Å²) in [5.74, 6) is -1.26. The number of carbonyl (C=O) groups excluding carboxylic acids is 2. The number of nitrogens with one attached hydrogen (secondary N) is 1. The first-order valence-electron chi connectivity index (χ1n) is 5.60. The van der Waals surface area contributed by atoms with Crippen LogP contribution in [0, 0.1) is 0 Å². The molecule has 8 heteroatoms. The highest BCUT2D eigenvalue weighted by Crippen LogP contribution is 2.12. The predicted molar refractivity (Wildman–Crippen MR) is 69.6 cm³/mol. The zero-order valence-electron chi connectivity index (χ0n) is 11.2. The summed E-state index contributed by atoms with van der Waals surface area (Å²) in [4.78, 5) is 22.4. The highest BCUT2D eigenvalue weighted by Gasteiger charge is 2.22. The molecule has 1 aromatic carbocycles. The van der Waals surface area contributed by atoms with E-state index in [1.54, 1.807) is 0 Å². The molecule has 0 aliphatic heterocycles. The molecule has 0 saturated carbocycles. The quantitative estimate of drug-likeness (QED) is 0.786. The van der Waals surface area contributed by atoms with Crippen LogP contribution in [0.1, 0.15) is 17.3 Å². The van der Waals surface area contributed by atoms with Crippen LogP contribution in [0.15, 0.2) is 29.2 Å². The summed E-state index contributed by atoms with van der Waals surface area (Å²) >= 11 is 0. The Bertz CT molecular complexity index is 593. The summed E-state index contributed by atoms with van der Waals surface area (Å²) in [6.45, 7) is 1.37. The van der Waals surface area contributed by atoms with Crippen LogP contribution in [-0.4, -0.2) is 40.6 Å². The molecule has 0 fully saturated rings. The maximum Gasteiger partial charge on any atom is 0.337 e. The minimum atomic E-state index is -3.87. The maximum atomic E-state index is 12.0. The Kier molecular flexibility index (Phi) is 5.23. The highest BCUT2D eigenvalue weighted by molar-refractivity contribution is 7.89. The third-order valence-electron chi connectivity index (χ3n) is 2.47. The molecule has 1 unspecified atom stereocenters. The van der Waals surface area contributed by atoms with Gasteiger partial charge in [0, 0.05) is 0 Å². The number of sulfonamides is 1. The van der Waals surface area contributed by atoms with Gasteiger partial charge >= 0.3 is 11.9 Å². The van der Waals surface area contributed by atoms with Gasteiger partial charge in [-0.1, -0.05) is 0 Å². The number of benzene rings is 1. The van der Waals surface area contributed by atoms with E-state index in [4.69, 9.17) is 0 Å². The summed E-state index contributed by atoms with van der Waals surface area (Å²) in [7, 11) is -1.47. The van der Waals surface area contributed by atoms with Crippen LogP contribution >= 0.6 is 0 Å². The average molecular weight is 301 g/mol. The van der Waals surface area contributed by atoms with E-state index in [1.807, 2.05) is 0 Å². The molecule has 0 aromatic heterocycles. The minimum absolute atomic E-state index is 0.0686. The molecule has 0 aliphatic carbocycles. The van der Waals surface area contributed by atoms with Crippen molar-refractivity contribution in [3.8, 4) is 0 Å². The Hall–Kier alpha value is -1.93. The summed E-state index contributed by atoms with van der Waals surface area (Å²) in [5.41, 5.74) is 0.229. The van der Waals surface area contributed by atoms with Gasteiger partial charge in [-0.15, -0.1) is 0 Å². The van der Waals surface area contributed by atoms with E-state index in [0.29, 0.717) is 0 Å². The van der Waals surface area contributed by atoms with Gasteiger partial charge in [-0.05, 0) is 31.2 Å². The number of hydrogen-bond donors (Lipinski definition) is 1. The molecule has 0 radical (unpaired) electrons. The van der Waals surface area contributed by atoms with Gasteiger partial charge in [-0.3, -0.25) is 4.79 Å². The van der Waals surface area contributed by atoms with Crippen LogP contribution in [0.25, 0.3) is 0 Å². The Labute approximate surface area is 116 Å². The Morgan fingerprint density at radius 3 is 2.10 bits per heavy atom. The molecule has 0 bridgehead atoms.